The second kappa shape index (κ2) is 5.45. The van der Waals surface area contributed by atoms with Crippen molar-refractivity contribution < 1.29 is 13.7 Å². The molecule has 3 heterocycles. The molecule has 7 nitrogen and oxygen atoms in total. The number of carbonyl (C=O) groups is 1. The van der Waals surface area contributed by atoms with Crippen LogP contribution in [-0.4, -0.2) is 36.8 Å². The number of nitrogens with zero attached hydrogens (tertiary/aromatic N) is 3. The van der Waals surface area contributed by atoms with Crippen LogP contribution in [0.5, 0.6) is 0 Å². The zero-order valence-corrected chi connectivity index (χ0v) is 15.7. The minimum absolute atomic E-state index is 0.275. The van der Waals surface area contributed by atoms with Crippen LogP contribution in [0.1, 0.15) is 41.6 Å². The zero-order valence-electron chi connectivity index (χ0n) is 13.6. The van der Waals surface area contributed by atoms with E-state index in [2.05, 4.69) is 27.4 Å². The molecule has 1 fully saturated rings. The Morgan fingerprint density at radius 3 is 2.79 bits per heavy atom. The van der Waals surface area contributed by atoms with Gasteiger partial charge in [-0.2, -0.15) is 0 Å². The Morgan fingerprint density at radius 1 is 1.33 bits per heavy atom. The first-order chi connectivity index (χ1) is 11.5. The van der Waals surface area contributed by atoms with Crippen molar-refractivity contribution in [1.82, 2.24) is 15.1 Å². The van der Waals surface area contributed by atoms with Crippen LogP contribution < -0.4 is 9.80 Å². The van der Waals surface area contributed by atoms with E-state index in [4.69, 9.17) is 8.94 Å². The Labute approximate surface area is 144 Å². The molecule has 8 heteroatoms. The van der Waals surface area contributed by atoms with Gasteiger partial charge in [0.05, 0.1) is 0 Å². The third kappa shape index (κ3) is 2.73. The molecular formula is C16H17AsN4O3. The summed E-state index contributed by atoms with van der Waals surface area (Å²) < 4.78 is 12.1. The molecule has 0 spiro atoms. The van der Waals surface area contributed by atoms with E-state index in [1.807, 2.05) is 0 Å². The number of hydrogen-bond donors (Lipinski definition) is 1. The van der Waals surface area contributed by atoms with E-state index in [9.17, 15) is 4.79 Å². The van der Waals surface area contributed by atoms with E-state index >= 15 is 0 Å². The molecule has 3 aromatic rings. The van der Waals surface area contributed by atoms with Crippen LogP contribution in [0.15, 0.2) is 21.3 Å². The fraction of sp³-hybridized carbons (Fsp3) is 0.375. The van der Waals surface area contributed by atoms with Gasteiger partial charge in [-0.3, -0.25) is 0 Å². The molecule has 1 amide bonds. The molecule has 3 aromatic heterocycles. The number of rotatable bonds is 4. The van der Waals surface area contributed by atoms with Crippen LogP contribution in [0, 0.1) is 13.8 Å². The van der Waals surface area contributed by atoms with Crippen LogP contribution in [-0.2, 0) is 0 Å². The number of furan rings is 1. The predicted molar refractivity (Wildman–Crippen MR) is 90.1 cm³/mol. The summed E-state index contributed by atoms with van der Waals surface area (Å²) in [5.74, 6) is 1.28. The van der Waals surface area contributed by atoms with Crippen molar-refractivity contribution in [3.8, 4) is 0 Å². The van der Waals surface area contributed by atoms with Crippen molar-refractivity contribution in [2.24, 2.45) is 0 Å². The molecule has 1 aliphatic rings. The number of aryl methyl sites for hydroxylation is 2. The quantitative estimate of drug-likeness (QED) is 0.688. The number of amides is 1. The van der Waals surface area contributed by atoms with Gasteiger partial charge < -0.3 is 0 Å². The molecular weight excluding hydrogens is 371 g/mol. The Kier molecular flexibility index (Phi) is 3.49. The van der Waals surface area contributed by atoms with Gasteiger partial charge in [-0.15, -0.1) is 0 Å². The minimum atomic E-state index is -0.473. The Balaban J connectivity index is 1.76. The van der Waals surface area contributed by atoms with Gasteiger partial charge >= 0.3 is 145 Å². The van der Waals surface area contributed by atoms with E-state index in [0.717, 1.165) is 9.87 Å². The summed E-state index contributed by atoms with van der Waals surface area (Å²) in [6.45, 7) is 5.83. The first-order valence-corrected chi connectivity index (χ1v) is 9.82. The van der Waals surface area contributed by atoms with E-state index in [1.165, 1.54) is 19.2 Å². The molecule has 0 radical (unpaired) electrons. The van der Waals surface area contributed by atoms with Crippen molar-refractivity contribution >= 4 is 43.1 Å². The Hall–Kier alpha value is -2.14. The van der Waals surface area contributed by atoms with Crippen molar-refractivity contribution in [1.29, 1.82) is 0 Å². The first kappa shape index (κ1) is 15.4. The molecule has 24 heavy (non-hydrogen) atoms. The van der Waals surface area contributed by atoms with Crippen molar-refractivity contribution in [3.05, 3.63) is 29.5 Å². The Morgan fingerprint density at radius 2 is 2.12 bits per heavy atom. The third-order valence-electron chi connectivity index (χ3n) is 4.18. The summed E-state index contributed by atoms with van der Waals surface area (Å²) in [5.41, 5.74) is 0.973. The van der Waals surface area contributed by atoms with Gasteiger partial charge in [0.25, 0.3) is 0 Å². The number of anilines is 1. The summed E-state index contributed by atoms with van der Waals surface area (Å²) >= 11 is -0.473. The van der Waals surface area contributed by atoms with Gasteiger partial charge in [0.2, 0.25) is 0 Å². The first-order valence-electron chi connectivity index (χ1n) is 7.72. The van der Waals surface area contributed by atoms with Gasteiger partial charge in [0.15, 0.2) is 0 Å². The molecule has 4 rings (SSSR count). The van der Waals surface area contributed by atoms with Crippen LogP contribution in [0.2, 0.25) is 4.20 Å². The maximum atomic E-state index is 12.8. The molecule has 0 aliphatic heterocycles. The van der Waals surface area contributed by atoms with E-state index in [1.54, 1.807) is 19.9 Å². The topological polar surface area (TPSA) is 94.1 Å². The van der Waals surface area contributed by atoms with Crippen LogP contribution in [0.3, 0.4) is 0 Å². The second-order valence-electron chi connectivity index (χ2n) is 6.40. The molecule has 0 saturated heterocycles. The van der Waals surface area contributed by atoms with Gasteiger partial charge in [0, 0.05) is 0 Å². The van der Waals surface area contributed by atoms with Gasteiger partial charge in [-0.05, 0) is 0 Å². The number of nitrogens with one attached hydrogen (secondary N) is 1. The average molecular weight is 388 g/mol. The monoisotopic (exact) mass is 388 g/mol. The van der Waals surface area contributed by atoms with Crippen LogP contribution in [0.25, 0.3) is 11.1 Å². The van der Waals surface area contributed by atoms with Gasteiger partial charge in [-0.25, -0.2) is 0 Å². The average Bonchev–Trinajstić information content (AvgIpc) is 2.94. The van der Waals surface area contributed by atoms with Gasteiger partial charge in [0.1, 0.15) is 0 Å². The van der Waals surface area contributed by atoms with E-state index < -0.39 is 15.8 Å². The maximum absolute atomic E-state index is 12.8. The molecule has 1 aliphatic carbocycles. The number of fused-ring (bicyclic) bond motifs is 1. The molecule has 0 aromatic carbocycles. The van der Waals surface area contributed by atoms with Crippen molar-refractivity contribution in [2.75, 3.05) is 5.32 Å². The molecule has 1 unspecified atom stereocenters. The van der Waals surface area contributed by atoms with Crippen molar-refractivity contribution in [2.45, 2.75) is 37.8 Å². The fourth-order valence-corrected chi connectivity index (χ4v) is 5.61. The van der Waals surface area contributed by atoms with E-state index in [-0.39, 0.29) is 5.91 Å². The summed E-state index contributed by atoms with van der Waals surface area (Å²) in [6.07, 6.45) is 3.99. The SMILES string of the molecule is Cc1cc(NC(=O)c2c(C)oc3ncnc([AsH]C4(C)CC4)c23)no1. The van der Waals surface area contributed by atoms with Gasteiger partial charge in [-0.1, -0.05) is 0 Å². The van der Waals surface area contributed by atoms with Crippen LogP contribution >= 0.6 is 0 Å². The van der Waals surface area contributed by atoms with Crippen molar-refractivity contribution in [3.63, 3.8) is 0 Å². The second-order valence-corrected chi connectivity index (χ2v) is 10.4. The number of aromatic nitrogens is 3. The molecule has 1 atom stereocenters. The fourth-order valence-electron chi connectivity index (χ4n) is 2.61. The molecule has 0 bridgehead atoms. The summed E-state index contributed by atoms with van der Waals surface area (Å²) in [6, 6.07) is 1.67. The number of carbonyl (C=O) groups excluding carboxylic acids is 1. The standard InChI is InChI=1S/C16H17AsN4O3/c1-8-6-10(21-24-8)20-14(22)11-9(2)23-15-12(11)13(18-7-19-15)17-16(3)4-5-16/h6-7,17H,4-5H2,1-3H3,(H,20,21,22). The summed E-state index contributed by atoms with van der Waals surface area (Å²) in [5, 5.41) is 7.32. The molecule has 1 N–H and O–H groups in total. The molecule has 1 saturated carbocycles. The molecule has 124 valence electrons. The van der Waals surface area contributed by atoms with Crippen LogP contribution in [0.4, 0.5) is 5.82 Å². The zero-order chi connectivity index (χ0) is 16.9. The normalized spacial score (nSPS) is 16.1. The Bertz CT molecular complexity index is 942. The summed E-state index contributed by atoms with van der Waals surface area (Å²) in [4.78, 5) is 21.4. The number of hydrogen-bond acceptors (Lipinski definition) is 6. The predicted octanol–water partition coefficient (Wildman–Crippen LogP) is 2.11. The van der Waals surface area contributed by atoms with E-state index in [0.29, 0.717) is 32.8 Å². The third-order valence-corrected chi connectivity index (χ3v) is 7.79. The summed E-state index contributed by atoms with van der Waals surface area (Å²) in [7, 11) is 0.